The molecule has 0 saturated carbocycles. The number of rotatable bonds is 7. The van der Waals surface area contributed by atoms with Crippen LogP contribution in [0.3, 0.4) is 0 Å². The molecule has 190 valence electrons. The summed E-state index contributed by atoms with van der Waals surface area (Å²) in [7, 11) is 0. The molecule has 1 saturated heterocycles. The summed E-state index contributed by atoms with van der Waals surface area (Å²) >= 11 is 0. The Morgan fingerprint density at radius 1 is 0.744 bits per heavy atom. The highest BCUT2D eigenvalue weighted by molar-refractivity contribution is 6.14. The number of nitrogens with one attached hydrogen (secondary N) is 1. The van der Waals surface area contributed by atoms with Crippen LogP contribution in [0.25, 0.3) is 10.8 Å². The van der Waals surface area contributed by atoms with Crippen molar-refractivity contribution in [3.05, 3.63) is 150 Å². The second kappa shape index (κ2) is 10.3. The third kappa shape index (κ3) is 4.80. The lowest BCUT2D eigenvalue weighted by Crippen LogP contribution is -2.50. The zero-order valence-electron chi connectivity index (χ0n) is 21.2. The van der Waals surface area contributed by atoms with E-state index in [9.17, 15) is 9.59 Å². The Morgan fingerprint density at radius 2 is 1.33 bits per heavy atom. The first-order valence-corrected chi connectivity index (χ1v) is 12.8. The lowest BCUT2D eigenvalue weighted by atomic mass is 9.85. The maximum atomic E-state index is 14.7. The van der Waals surface area contributed by atoms with Gasteiger partial charge in [-0.15, -0.1) is 0 Å². The number of nitrogens with zero attached hydrogens (tertiary/aromatic N) is 3. The lowest BCUT2D eigenvalue weighted by Gasteiger charge is -2.28. The smallest absolute Gasteiger partial charge is 0.259 e. The standard InChI is InChI=1S/C33H26N4O2/c38-30(27-8-2-1-3-9-27)21-31-36-33(22-24-13-17-34-18-14-24,23-25-15-19-35-20-16-25)32(39)37(31)29-12-6-10-26-7-4-5-11-28(26)29/h1-21,36H,22-23H2. The number of allylic oxidation sites excluding steroid dienone is 1. The Morgan fingerprint density at radius 3 is 2.00 bits per heavy atom. The molecule has 0 bridgehead atoms. The number of hydrogen-bond acceptors (Lipinski definition) is 5. The maximum Gasteiger partial charge on any atom is 0.259 e. The van der Waals surface area contributed by atoms with E-state index in [0.717, 1.165) is 27.6 Å². The molecule has 1 N–H and O–H groups in total. The van der Waals surface area contributed by atoms with Crippen LogP contribution >= 0.6 is 0 Å². The van der Waals surface area contributed by atoms with Crippen molar-refractivity contribution in [2.24, 2.45) is 0 Å². The fourth-order valence-electron chi connectivity index (χ4n) is 5.23. The fourth-order valence-corrected chi connectivity index (χ4v) is 5.23. The topological polar surface area (TPSA) is 75.2 Å². The van der Waals surface area contributed by atoms with Crippen molar-refractivity contribution in [2.45, 2.75) is 18.4 Å². The van der Waals surface area contributed by atoms with Gasteiger partial charge < -0.3 is 5.32 Å². The van der Waals surface area contributed by atoms with Crippen LogP contribution in [0, 0.1) is 0 Å². The van der Waals surface area contributed by atoms with Crippen molar-refractivity contribution < 1.29 is 9.59 Å². The maximum absolute atomic E-state index is 14.7. The monoisotopic (exact) mass is 510 g/mol. The van der Waals surface area contributed by atoms with Crippen molar-refractivity contribution >= 4 is 28.2 Å². The second-order valence-electron chi connectivity index (χ2n) is 9.67. The molecule has 3 aromatic carbocycles. The molecule has 0 radical (unpaired) electrons. The van der Waals surface area contributed by atoms with Crippen molar-refractivity contribution in [1.82, 2.24) is 15.3 Å². The number of ketones is 1. The van der Waals surface area contributed by atoms with Crippen LogP contribution in [0.4, 0.5) is 5.69 Å². The highest BCUT2D eigenvalue weighted by atomic mass is 16.2. The molecule has 1 aliphatic heterocycles. The average Bonchev–Trinajstić information content (AvgIpc) is 3.23. The highest BCUT2D eigenvalue weighted by Gasteiger charge is 2.50. The van der Waals surface area contributed by atoms with Crippen LogP contribution in [-0.4, -0.2) is 27.2 Å². The van der Waals surface area contributed by atoms with E-state index < -0.39 is 5.54 Å². The van der Waals surface area contributed by atoms with Crippen molar-refractivity contribution in [3.8, 4) is 0 Å². The number of carbonyl (C=O) groups excluding carboxylic acids is 2. The van der Waals surface area contributed by atoms with Gasteiger partial charge in [0.15, 0.2) is 5.78 Å². The summed E-state index contributed by atoms with van der Waals surface area (Å²) in [5, 5.41) is 5.48. The molecule has 2 aromatic heterocycles. The number of amides is 1. The van der Waals surface area contributed by atoms with Gasteiger partial charge in [0, 0.05) is 54.7 Å². The molecule has 0 unspecified atom stereocenters. The first-order chi connectivity index (χ1) is 19.1. The van der Waals surface area contributed by atoms with Gasteiger partial charge in [0.05, 0.1) is 5.69 Å². The summed E-state index contributed by atoms with van der Waals surface area (Å²) in [6, 6.07) is 30.6. The van der Waals surface area contributed by atoms with E-state index in [4.69, 9.17) is 0 Å². The molecular formula is C33H26N4O2. The van der Waals surface area contributed by atoms with Crippen molar-refractivity contribution in [3.63, 3.8) is 0 Å². The van der Waals surface area contributed by atoms with E-state index in [1.165, 1.54) is 6.08 Å². The molecule has 1 fully saturated rings. The number of carbonyl (C=O) groups is 2. The Labute approximate surface area is 226 Å². The molecule has 0 aliphatic carbocycles. The van der Waals surface area contributed by atoms with Gasteiger partial charge >= 0.3 is 0 Å². The van der Waals surface area contributed by atoms with Gasteiger partial charge in [-0.2, -0.15) is 0 Å². The molecule has 3 heterocycles. The molecule has 6 rings (SSSR count). The SMILES string of the molecule is O=C(C=C1NC(Cc2ccncc2)(Cc2ccncc2)C(=O)N1c1cccc2ccccc12)c1ccccc1. The van der Waals surface area contributed by atoms with Crippen LogP contribution in [-0.2, 0) is 17.6 Å². The number of aromatic nitrogens is 2. The number of benzene rings is 3. The van der Waals surface area contributed by atoms with Gasteiger partial charge in [0.25, 0.3) is 5.91 Å². The third-order valence-electron chi connectivity index (χ3n) is 7.06. The molecule has 39 heavy (non-hydrogen) atoms. The molecule has 0 atom stereocenters. The predicted octanol–water partition coefficient (Wildman–Crippen LogP) is 5.51. The zero-order valence-corrected chi connectivity index (χ0v) is 21.2. The van der Waals surface area contributed by atoms with Gasteiger partial charge in [-0.05, 0) is 46.8 Å². The molecule has 0 spiro atoms. The fraction of sp³-hybridized carbons (Fsp3) is 0.0909. The predicted molar refractivity (Wildman–Crippen MR) is 152 cm³/mol. The number of hydrogen-bond donors (Lipinski definition) is 1. The van der Waals surface area contributed by atoms with E-state index in [1.807, 2.05) is 84.9 Å². The van der Waals surface area contributed by atoms with Gasteiger partial charge in [0.1, 0.15) is 11.4 Å². The van der Waals surface area contributed by atoms with Gasteiger partial charge in [-0.1, -0.05) is 66.7 Å². The quantitative estimate of drug-likeness (QED) is 0.231. The molecule has 5 aromatic rings. The Bertz CT molecular complexity index is 1620. The summed E-state index contributed by atoms with van der Waals surface area (Å²) in [5.74, 6) is 0.146. The van der Waals surface area contributed by atoms with Crippen molar-refractivity contribution in [2.75, 3.05) is 4.90 Å². The second-order valence-corrected chi connectivity index (χ2v) is 9.67. The van der Waals surface area contributed by atoms with Crippen LogP contribution in [0.15, 0.2) is 134 Å². The van der Waals surface area contributed by atoms with Gasteiger partial charge in [0.2, 0.25) is 0 Å². The normalized spacial score (nSPS) is 15.4. The minimum atomic E-state index is -1.04. The third-order valence-corrected chi connectivity index (χ3v) is 7.06. The summed E-state index contributed by atoms with van der Waals surface area (Å²) in [5.41, 5.74) is 2.17. The first kappa shape index (κ1) is 24.2. The minimum Gasteiger partial charge on any atom is -0.356 e. The number of pyridine rings is 2. The Balaban J connectivity index is 1.52. The van der Waals surface area contributed by atoms with E-state index in [2.05, 4.69) is 15.3 Å². The zero-order chi connectivity index (χ0) is 26.7. The summed E-state index contributed by atoms with van der Waals surface area (Å²) in [4.78, 5) is 38.1. The Hall–Kier alpha value is -5.10. The molecule has 1 aliphatic rings. The minimum absolute atomic E-state index is 0.125. The number of fused-ring (bicyclic) bond motifs is 1. The summed E-state index contributed by atoms with van der Waals surface area (Å²) in [6.07, 6.45) is 9.28. The molecule has 6 heteroatoms. The van der Waals surface area contributed by atoms with Gasteiger partial charge in [-0.3, -0.25) is 24.5 Å². The van der Waals surface area contributed by atoms with Crippen LogP contribution in [0.1, 0.15) is 21.5 Å². The molecular weight excluding hydrogens is 484 g/mol. The van der Waals surface area contributed by atoms with Crippen molar-refractivity contribution in [1.29, 1.82) is 0 Å². The van der Waals surface area contributed by atoms with E-state index in [1.54, 1.807) is 41.8 Å². The van der Waals surface area contributed by atoms with Crippen LogP contribution in [0.2, 0.25) is 0 Å². The largest absolute Gasteiger partial charge is 0.356 e. The van der Waals surface area contributed by atoms with E-state index >= 15 is 0 Å². The number of anilines is 1. The van der Waals surface area contributed by atoms with Gasteiger partial charge in [-0.25, -0.2) is 0 Å². The van der Waals surface area contributed by atoms with E-state index in [0.29, 0.717) is 24.2 Å². The van der Waals surface area contributed by atoms with Crippen LogP contribution in [0.5, 0.6) is 0 Å². The highest BCUT2D eigenvalue weighted by Crippen LogP contribution is 2.37. The Kier molecular flexibility index (Phi) is 6.43. The average molecular weight is 511 g/mol. The van der Waals surface area contributed by atoms with Crippen LogP contribution < -0.4 is 10.2 Å². The molecule has 6 nitrogen and oxygen atoms in total. The summed E-state index contributed by atoms with van der Waals surface area (Å²) in [6.45, 7) is 0. The lowest BCUT2D eigenvalue weighted by molar-refractivity contribution is -0.122. The molecule has 1 amide bonds. The first-order valence-electron chi connectivity index (χ1n) is 12.8. The van der Waals surface area contributed by atoms with E-state index in [-0.39, 0.29) is 11.7 Å². The summed E-state index contributed by atoms with van der Waals surface area (Å²) < 4.78 is 0.